The first-order valence-electron chi connectivity index (χ1n) is 13.1. The van der Waals surface area contributed by atoms with E-state index < -0.39 is 17.7 Å². The summed E-state index contributed by atoms with van der Waals surface area (Å²) >= 11 is 6.29. The third kappa shape index (κ3) is 6.39. The lowest BCUT2D eigenvalue weighted by molar-refractivity contribution is -0.138. The number of halogens is 4. The molecule has 4 aromatic rings. The number of hydrogen-bond donors (Lipinski definition) is 1. The molecular weight excluding hydrogens is 541 g/mol. The molecule has 3 aromatic carbocycles. The van der Waals surface area contributed by atoms with Gasteiger partial charge in [-0.05, 0) is 60.6 Å². The van der Waals surface area contributed by atoms with Crippen LogP contribution in [-0.4, -0.2) is 26.6 Å². The van der Waals surface area contributed by atoms with Crippen molar-refractivity contribution in [3.05, 3.63) is 88.1 Å². The number of benzene rings is 3. The fraction of sp³-hybridized carbons (Fsp3) is 0.323. The number of carbonyl (C=O) groups excluding carboxylic acids is 1. The number of ketones is 1. The minimum atomic E-state index is -4.47. The van der Waals surface area contributed by atoms with Gasteiger partial charge in [-0.25, -0.2) is 0 Å². The standard InChI is InChI=1S/C31H30ClF3N2O3/c1-18(2)15-28(20-7-9-21(10-8-20)29(38)5-4-6-30(39)40)37-27-14-13-23(19(3)25(27)17-36-37)24-12-11-22(16-26(24)32)31(33,34)35/h7-14,16-18,28H,4-6,15H2,1-3H3,(H,39,40). The molecular formula is C31H30ClF3N2O3. The number of hydrogen-bond acceptors (Lipinski definition) is 3. The molecule has 0 saturated heterocycles. The average molecular weight is 571 g/mol. The van der Waals surface area contributed by atoms with E-state index in [-0.39, 0.29) is 29.7 Å². The second-order valence-electron chi connectivity index (χ2n) is 10.4. The van der Waals surface area contributed by atoms with E-state index in [0.29, 0.717) is 23.5 Å². The zero-order valence-corrected chi connectivity index (χ0v) is 23.2. The Morgan fingerprint density at radius 1 is 1.00 bits per heavy atom. The summed E-state index contributed by atoms with van der Waals surface area (Å²) in [5, 5.41) is 14.4. The maximum absolute atomic E-state index is 13.1. The molecule has 210 valence electrons. The minimum absolute atomic E-state index is 0.0277. The molecule has 40 heavy (non-hydrogen) atoms. The van der Waals surface area contributed by atoms with Crippen molar-refractivity contribution < 1.29 is 27.9 Å². The van der Waals surface area contributed by atoms with Crippen molar-refractivity contribution in [2.24, 2.45) is 5.92 Å². The van der Waals surface area contributed by atoms with Gasteiger partial charge in [0.05, 0.1) is 23.3 Å². The van der Waals surface area contributed by atoms with Gasteiger partial charge in [0.25, 0.3) is 0 Å². The first-order chi connectivity index (χ1) is 18.9. The highest BCUT2D eigenvalue weighted by Crippen LogP contribution is 2.39. The third-order valence-corrected chi connectivity index (χ3v) is 7.35. The molecule has 0 aliphatic carbocycles. The van der Waals surface area contributed by atoms with Crippen molar-refractivity contribution in [2.45, 2.75) is 58.7 Å². The number of aliphatic carboxylic acids is 1. The Morgan fingerprint density at radius 3 is 2.27 bits per heavy atom. The van der Waals surface area contributed by atoms with Crippen molar-refractivity contribution >= 4 is 34.3 Å². The Kier molecular flexibility index (Phi) is 8.68. The molecule has 9 heteroatoms. The van der Waals surface area contributed by atoms with Gasteiger partial charge in [0, 0.05) is 34.4 Å². The fourth-order valence-corrected chi connectivity index (χ4v) is 5.25. The van der Waals surface area contributed by atoms with E-state index >= 15 is 0 Å². The van der Waals surface area contributed by atoms with Gasteiger partial charge in [-0.15, -0.1) is 0 Å². The summed E-state index contributed by atoms with van der Waals surface area (Å²) in [4.78, 5) is 23.2. The predicted octanol–water partition coefficient (Wildman–Crippen LogP) is 8.76. The summed E-state index contributed by atoms with van der Waals surface area (Å²) in [6.07, 6.45) is -1.49. The molecule has 1 heterocycles. The van der Waals surface area contributed by atoms with Gasteiger partial charge in [-0.3, -0.25) is 14.3 Å². The number of carboxylic acids is 1. The third-order valence-electron chi connectivity index (χ3n) is 7.04. The van der Waals surface area contributed by atoms with Crippen LogP contribution in [0.1, 0.15) is 72.6 Å². The Morgan fingerprint density at radius 2 is 1.68 bits per heavy atom. The largest absolute Gasteiger partial charge is 0.481 e. The molecule has 1 aromatic heterocycles. The summed E-state index contributed by atoms with van der Waals surface area (Å²) in [5.74, 6) is -0.674. The molecule has 1 N–H and O–H groups in total. The van der Waals surface area contributed by atoms with Crippen LogP contribution in [0.2, 0.25) is 5.02 Å². The van der Waals surface area contributed by atoms with Crippen LogP contribution in [0.5, 0.6) is 0 Å². The highest BCUT2D eigenvalue weighted by molar-refractivity contribution is 6.33. The van der Waals surface area contributed by atoms with E-state index in [9.17, 15) is 22.8 Å². The summed E-state index contributed by atoms with van der Waals surface area (Å²) in [7, 11) is 0. The molecule has 0 saturated carbocycles. The van der Waals surface area contributed by atoms with Gasteiger partial charge in [0.2, 0.25) is 0 Å². The lowest BCUT2D eigenvalue weighted by atomic mass is 9.94. The van der Waals surface area contributed by atoms with Crippen LogP contribution < -0.4 is 0 Å². The van der Waals surface area contributed by atoms with E-state index in [1.807, 2.05) is 35.9 Å². The lowest BCUT2D eigenvalue weighted by Crippen LogP contribution is -2.15. The number of alkyl halides is 3. The van der Waals surface area contributed by atoms with Crippen LogP contribution in [0.4, 0.5) is 13.2 Å². The topological polar surface area (TPSA) is 72.2 Å². The van der Waals surface area contributed by atoms with Gasteiger partial charge in [-0.1, -0.05) is 61.8 Å². The van der Waals surface area contributed by atoms with Crippen LogP contribution in [0.15, 0.2) is 60.8 Å². The lowest BCUT2D eigenvalue weighted by Gasteiger charge is -2.22. The number of carbonyl (C=O) groups is 2. The van der Waals surface area contributed by atoms with Crippen molar-refractivity contribution in [3.8, 4) is 11.1 Å². The maximum atomic E-state index is 13.1. The van der Waals surface area contributed by atoms with Gasteiger partial charge < -0.3 is 5.11 Å². The SMILES string of the molecule is Cc1c(-c2ccc(C(F)(F)F)cc2Cl)ccc2c1cnn2C(CC(C)C)c1ccc(C(=O)CCCC(=O)O)cc1. The monoisotopic (exact) mass is 570 g/mol. The summed E-state index contributed by atoms with van der Waals surface area (Å²) in [6.45, 7) is 6.14. The molecule has 0 aliphatic heterocycles. The number of nitrogens with zero attached hydrogens (tertiary/aromatic N) is 2. The molecule has 0 amide bonds. The summed E-state index contributed by atoms with van der Waals surface area (Å²) < 4.78 is 41.3. The highest BCUT2D eigenvalue weighted by Gasteiger charge is 2.31. The molecule has 0 radical (unpaired) electrons. The molecule has 0 spiro atoms. The fourth-order valence-electron chi connectivity index (χ4n) is 4.97. The summed E-state index contributed by atoms with van der Waals surface area (Å²) in [5.41, 5.74) is 3.71. The van der Waals surface area contributed by atoms with Gasteiger partial charge >= 0.3 is 12.1 Å². The van der Waals surface area contributed by atoms with Crippen molar-refractivity contribution in [1.29, 1.82) is 0 Å². The second-order valence-corrected chi connectivity index (χ2v) is 10.8. The molecule has 1 atom stereocenters. The smallest absolute Gasteiger partial charge is 0.416 e. The van der Waals surface area contributed by atoms with Gasteiger partial charge in [-0.2, -0.15) is 18.3 Å². The molecule has 0 bridgehead atoms. The number of aryl methyl sites for hydroxylation is 1. The summed E-state index contributed by atoms with van der Waals surface area (Å²) in [6, 6.07) is 14.4. The number of aromatic nitrogens is 2. The maximum Gasteiger partial charge on any atom is 0.416 e. The van der Waals surface area contributed by atoms with Crippen molar-refractivity contribution in [2.75, 3.05) is 0 Å². The van der Waals surface area contributed by atoms with E-state index in [4.69, 9.17) is 21.8 Å². The zero-order valence-electron chi connectivity index (χ0n) is 22.4. The van der Waals surface area contributed by atoms with Crippen molar-refractivity contribution in [1.82, 2.24) is 9.78 Å². The minimum Gasteiger partial charge on any atom is -0.481 e. The zero-order chi connectivity index (χ0) is 29.2. The van der Waals surface area contributed by atoms with Crippen LogP contribution in [0, 0.1) is 12.8 Å². The Balaban J connectivity index is 1.67. The van der Waals surface area contributed by atoms with Gasteiger partial charge in [0.15, 0.2) is 5.78 Å². The van der Waals surface area contributed by atoms with Crippen LogP contribution in [-0.2, 0) is 11.0 Å². The van der Waals surface area contributed by atoms with Crippen LogP contribution >= 0.6 is 11.6 Å². The van der Waals surface area contributed by atoms with Crippen LogP contribution in [0.25, 0.3) is 22.0 Å². The highest BCUT2D eigenvalue weighted by atomic mass is 35.5. The Bertz CT molecular complexity index is 1540. The molecule has 1 unspecified atom stereocenters. The molecule has 4 rings (SSSR count). The Labute approximate surface area is 235 Å². The number of rotatable bonds is 10. The predicted molar refractivity (Wildman–Crippen MR) is 150 cm³/mol. The second kappa shape index (κ2) is 11.8. The average Bonchev–Trinajstić information content (AvgIpc) is 3.32. The van der Waals surface area contributed by atoms with Crippen molar-refractivity contribution in [3.63, 3.8) is 0 Å². The van der Waals surface area contributed by atoms with E-state index in [2.05, 4.69) is 13.8 Å². The first kappa shape index (κ1) is 29.3. The number of carboxylic acid groups (broad SMARTS) is 1. The van der Waals surface area contributed by atoms with Gasteiger partial charge in [0.1, 0.15) is 0 Å². The Hall–Kier alpha value is -3.65. The van der Waals surface area contributed by atoms with E-state index in [0.717, 1.165) is 46.1 Å². The number of fused-ring (bicyclic) bond motifs is 1. The number of Topliss-reactive ketones (excluding diaryl/α,β-unsaturated/α-hetero) is 1. The first-order valence-corrected chi connectivity index (χ1v) is 13.4. The molecule has 5 nitrogen and oxygen atoms in total. The molecule has 0 fully saturated rings. The normalized spacial score (nSPS) is 12.7. The van der Waals surface area contributed by atoms with E-state index in [1.54, 1.807) is 18.3 Å². The van der Waals surface area contributed by atoms with E-state index in [1.165, 1.54) is 6.07 Å². The quantitative estimate of drug-likeness (QED) is 0.193. The molecule has 0 aliphatic rings. The van der Waals surface area contributed by atoms with Crippen LogP contribution in [0.3, 0.4) is 0 Å².